The predicted molar refractivity (Wildman–Crippen MR) is 58.6 cm³/mol. The molecule has 2 rings (SSSR count). The second-order valence-electron chi connectivity index (χ2n) is 3.53. The molecule has 0 radical (unpaired) electrons. The molecule has 0 bridgehead atoms. The molecule has 0 spiro atoms. The van der Waals surface area contributed by atoms with E-state index in [1.807, 2.05) is 0 Å². The standard InChI is InChI=1S/C9H12N4O4/c10-12-8-2-1-7(13(14)15)9(11-8)17-6-3-4-16-5-6/h1-2,6H,3-5,10H2,(H,11,12). The van der Waals surface area contributed by atoms with E-state index in [9.17, 15) is 10.1 Å². The summed E-state index contributed by atoms with van der Waals surface area (Å²) in [7, 11) is 0. The normalized spacial score (nSPS) is 19.0. The Bertz CT molecular complexity index is 419. The Hall–Kier alpha value is -1.93. The zero-order valence-corrected chi connectivity index (χ0v) is 8.96. The molecule has 2 heterocycles. The molecular weight excluding hydrogens is 228 g/mol. The van der Waals surface area contributed by atoms with Crippen LogP contribution in [0.25, 0.3) is 0 Å². The fourth-order valence-electron chi connectivity index (χ4n) is 1.50. The van der Waals surface area contributed by atoms with Gasteiger partial charge in [0.1, 0.15) is 11.9 Å². The number of nitro groups is 1. The van der Waals surface area contributed by atoms with Crippen molar-refractivity contribution in [3.63, 3.8) is 0 Å². The molecule has 0 aromatic carbocycles. The molecule has 0 saturated carbocycles. The summed E-state index contributed by atoms with van der Waals surface area (Å²) in [6, 6.07) is 2.71. The van der Waals surface area contributed by atoms with Crippen LogP contribution >= 0.6 is 0 Å². The average Bonchev–Trinajstić information content (AvgIpc) is 2.81. The van der Waals surface area contributed by atoms with Crippen molar-refractivity contribution >= 4 is 11.5 Å². The first-order valence-electron chi connectivity index (χ1n) is 5.07. The van der Waals surface area contributed by atoms with E-state index in [4.69, 9.17) is 15.3 Å². The second kappa shape index (κ2) is 4.93. The number of nitrogens with two attached hydrogens (primary N) is 1. The van der Waals surface area contributed by atoms with Crippen molar-refractivity contribution in [2.45, 2.75) is 12.5 Å². The van der Waals surface area contributed by atoms with E-state index in [0.29, 0.717) is 25.5 Å². The van der Waals surface area contributed by atoms with Crippen LogP contribution in [-0.2, 0) is 4.74 Å². The van der Waals surface area contributed by atoms with Crippen LogP contribution in [0.15, 0.2) is 12.1 Å². The van der Waals surface area contributed by atoms with E-state index in [-0.39, 0.29) is 17.7 Å². The molecule has 1 atom stereocenters. The summed E-state index contributed by atoms with van der Waals surface area (Å²) in [5.41, 5.74) is 2.13. The number of nitrogens with one attached hydrogen (secondary N) is 1. The zero-order valence-electron chi connectivity index (χ0n) is 8.96. The van der Waals surface area contributed by atoms with Gasteiger partial charge >= 0.3 is 5.69 Å². The van der Waals surface area contributed by atoms with Gasteiger partial charge in [-0.25, -0.2) is 5.84 Å². The molecule has 1 aliphatic heterocycles. The first kappa shape index (κ1) is 11.6. The summed E-state index contributed by atoms with van der Waals surface area (Å²) in [5, 5.41) is 10.8. The number of hydrogen-bond donors (Lipinski definition) is 2. The van der Waals surface area contributed by atoms with Gasteiger partial charge in [0, 0.05) is 12.5 Å². The van der Waals surface area contributed by atoms with Crippen LogP contribution in [0.5, 0.6) is 5.88 Å². The van der Waals surface area contributed by atoms with Gasteiger partial charge in [0.2, 0.25) is 0 Å². The van der Waals surface area contributed by atoms with Crippen LogP contribution in [0, 0.1) is 10.1 Å². The average molecular weight is 240 g/mol. The summed E-state index contributed by atoms with van der Waals surface area (Å²) in [6.07, 6.45) is 0.494. The van der Waals surface area contributed by atoms with Crippen molar-refractivity contribution in [2.24, 2.45) is 5.84 Å². The van der Waals surface area contributed by atoms with Crippen LogP contribution in [0.2, 0.25) is 0 Å². The highest BCUT2D eigenvalue weighted by molar-refractivity contribution is 5.48. The highest BCUT2D eigenvalue weighted by Gasteiger charge is 2.24. The summed E-state index contributed by atoms with van der Waals surface area (Å²) in [4.78, 5) is 14.2. The molecule has 1 fully saturated rings. The molecule has 0 aliphatic carbocycles. The van der Waals surface area contributed by atoms with Gasteiger partial charge in [-0.3, -0.25) is 10.1 Å². The molecule has 1 saturated heterocycles. The lowest BCUT2D eigenvalue weighted by atomic mass is 10.3. The molecule has 3 N–H and O–H groups in total. The number of nitrogens with zero attached hydrogens (tertiary/aromatic N) is 2. The molecule has 17 heavy (non-hydrogen) atoms. The fourth-order valence-corrected chi connectivity index (χ4v) is 1.50. The second-order valence-corrected chi connectivity index (χ2v) is 3.53. The number of rotatable bonds is 4. The number of hydrazine groups is 1. The van der Waals surface area contributed by atoms with Crippen LogP contribution in [0.3, 0.4) is 0 Å². The smallest absolute Gasteiger partial charge is 0.331 e. The van der Waals surface area contributed by atoms with Crippen LogP contribution in [0.1, 0.15) is 6.42 Å². The van der Waals surface area contributed by atoms with E-state index < -0.39 is 4.92 Å². The fraction of sp³-hybridized carbons (Fsp3) is 0.444. The van der Waals surface area contributed by atoms with Gasteiger partial charge in [0.25, 0.3) is 5.88 Å². The first-order chi connectivity index (χ1) is 8.20. The van der Waals surface area contributed by atoms with E-state index >= 15 is 0 Å². The maximum atomic E-state index is 10.8. The van der Waals surface area contributed by atoms with Gasteiger partial charge in [-0.2, -0.15) is 4.98 Å². The molecule has 1 aliphatic rings. The Morgan fingerprint density at radius 3 is 3.06 bits per heavy atom. The zero-order chi connectivity index (χ0) is 12.3. The van der Waals surface area contributed by atoms with Crippen LogP contribution in [0.4, 0.5) is 11.5 Å². The minimum Gasteiger partial charge on any atom is -0.467 e. The van der Waals surface area contributed by atoms with Crippen molar-refractivity contribution < 1.29 is 14.4 Å². The number of pyridine rings is 1. The van der Waals surface area contributed by atoms with Crippen LogP contribution < -0.4 is 16.0 Å². The third-order valence-corrected chi connectivity index (χ3v) is 2.35. The number of hydrogen-bond acceptors (Lipinski definition) is 7. The number of aromatic nitrogens is 1. The van der Waals surface area contributed by atoms with Crippen molar-refractivity contribution in [3.8, 4) is 5.88 Å². The Morgan fingerprint density at radius 1 is 1.65 bits per heavy atom. The number of nitrogen functional groups attached to an aromatic ring is 1. The summed E-state index contributed by atoms with van der Waals surface area (Å²) in [5.74, 6) is 5.46. The summed E-state index contributed by atoms with van der Waals surface area (Å²) >= 11 is 0. The van der Waals surface area contributed by atoms with Crippen molar-refractivity contribution in [1.29, 1.82) is 0 Å². The molecule has 1 unspecified atom stereocenters. The molecule has 8 heteroatoms. The van der Waals surface area contributed by atoms with E-state index in [1.165, 1.54) is 12.1 Å². The lowest BCUT2D eigenvalue weighted by Gasteiger charge is -2.11. The van der Waals surface area contributed by atoms with E-state index in [1.54, 1.807) is 0 Å². The highest BCUT2D eigenvalue weighted by atomic mass is 16.6. The minimum atomic E-state index is -0.543. The Balaban J connectivity index is 2.24. The first-order valence-corrected chi connectivity index (χ1v) is 5.07. The highest BCUT2D eigenvalue weighted by Crippen LogP contribution is 2.28. The molecule has 8 nitrogen and oxygen atoms in total. The SMILES string of the molecule is NNc1ccc([N+](=O)[O-])c(OC2CCOC2)n1. The lowest BCUT2D eigenvalue weighted by molar-refractivity contribution is -0.386. The van der Waals surface area contributed by atoms with E-state index in [2.05, 4.69) is 10.4 Å². The van der Waals surface area contributed by atoms with E-state index in [0.717, 1.165) is 0 Å². The quantitative estimate of drug-likeness (QED) is 0.446. The number of anilines is 1. The molecule has 1 aromatic heterocycles. The maximum absolute atomic E-state index is 10.8. The van der Waals surface area contributed by atoms with Gasteiger partial charge in [0.05, 0.1) is 18.1 Å². The molecule has 0 amide bonds. The van der Waals surface area contributed by atoms with Gasteiger partial charge in [-0.1, -0.05) is 0 Å². The molecule has 92 valence electrons. The lowest BCUT2D eigenvalue weighted by Crippen LogP contribution is -2.18. The Kier molecular flexibility index (Phi) is 3.35. The largest absolute Gasteiger partial charge is 0.467 e. The van der Waals surface area contributed by atoms with Gasteiger partial charge in [0.15, 0.2) is 0 Å². The minimum absolute atomic E-state index is 0.0408. The van der Waals surface area contributed by atoms with Crippen LogP contribution in [-0.4, -0.2) is 29.2 Å². The van der Waals surface area contributed by atoms with Gasteiger partial charge in [-0.15, -0.1) is 0 Å². The number of ether oxygens (including phenoxy) is 2. The summed E-state index contributed by atoms with van der Waals surface area (Å²) in [6.45, 7) is 1.01. The maximum Gasteiger partial charge on any atom is 0.331 e. The van der Waals surface area contributed by atoms with Gasteiger partial charge in [-0.05, 0) is 6.07 Å². The molecule has 1 aromatic rings. The molecular formula is C9H12N4O4. The van der Waals surface area contributed by atoms with Crippen molar-refractivity contribution in [2.75, 3.05) is 18.6 Å². The van der Waals surface area contributed by atoms with Gasteiger partial charge < -0.3 is 14.9 Å². The monoisotopic (exact) mass is 240 g/mol. The summed E-state index contributed by atoms with van der Waals surface area (Å²) < 4.78 is 10.6. The van der Waals surface area contributed by atoms with Crippen molar-refractivity contribution in [3.05, 3.63) is 22.2 Å². The Morgan fingerprint density at radius 2 is 2.47 bits per heavy atom. The predicted octanol–water partition coefficient (Wildman–Crippen LogP) is 0.443. The Labute approximate surface area is 96.8 Å². The third kappa shape index (κ3) is 2.60. The third-order valence-electron chi connectivity index (χ3n) is 2.35. The topological polar surface area (TPSA) is 113 Å². The van der Waals surface area contributed by atoms with Crippen molar-refractivity contribution in [1.82, 2.24) is 4.98 Å².